The Kier molecular flexibility index (Phi) is 37.4. The number of hydrogen-bond acceptors (Lipinski definition) is 6. The highest BCUT2D eigenvalue weighted by molar-refractivity contribution is 5.90. The van der Waals surface area contributed by atoms with Gasteiger partial charge in [-0.05, 0) is 44.6 Å². The minimum absolute atomic E-state index is 0.0482. The molecule has 0 aromatic carbocycles. The van der Waals surface area contributed by atoms with Crippen molar-refractivity contribution < 1.29 is 29.0 Å². The predicted molar refractivity (Wildman–Crippen MR) is 210 cm³/mol. The number of esters is 2. The summed E-state index contributed by atoms with van der Waals surface area (Å²) in [6.07, 6.45) is 46.0. The number of aliphatic hydroxyl groups excluding tert-OH is 1. The normalized spacial score (nSPS) is 12.5. The molecular weight excluding hydrogens is 624 g/mol. The highest BCUT2D eigenvalue weighted by Crippen LogP contribution is 2.15. The second kappa shape index (κ2) is 39.3. The summed E-state index contributed by atoms with van der Waals surface area (Å²) in [6.45, 7) is 3.91. The van der Waals surface area contributed by atoms with Gasteiger partial charge >= 0.3 is 11.9 Å². The Labute approximate surface area is 307 Å². The quantitative estimate of drug-likeness (QED) is 0.0228. The van der Waals surface area contributed by atoms with E-state index in [1.165, 1.54) is 122 Å². The van der Waals surface area contributed by atoms with E-state index in [0.29, 0.717) is 12.8 Å². The predicted octanol–water partition coefficient (Wildman–Crippen LogP) is 12.2. The third-order valence-corrected chi connectivity index (χ3v) is 8.85. The van der Waals surface area contributed by atoms with E-state index in [0.717, 1.165) is 38.5 Å². The summed E-state index contributed by atoms with van der Waals surface area (Å²) >= 11 is 0. The lowest BCUT2D eigenvalue weighted by Gasteiger charge is -2.15. The molecule has 0 aromatic rings. The van der Waals surface area contributed by atoms with Crippen LogP contribution in [0.25, 0.3) is 0 Å². The number of allylic oxidation sites excluding steroid dienone is 8. The molecule has 0 aliphatic rings. The van der Waals surface area contributed by atoms with Crippen molar-refractivity contribution in [2.24, 2.45) is 0 Å². The van der Waals surface area contributed by atoms with Gasteiger partial charge in [-0.1, -0.05) is 178 Å². The fraction of sp³-hybridized carbons (Fsp3) is 0.750. The number of rotatable bonds is 37. The molecule has 0 bridgehead atoms. The van der Waals surface area contributed by atoms with E-state index in [1.54, 1.807) is 6.08 Å². The second-order valence-corrected chi connectivity index (χ2v) is 13.8. The Morgan fingerprint density at radius 2 is 1.00 bits per heavy atom. The minimum atomic E-state index is -0.861. The standard InChI is InChI=1S/C44H76O6/c1-3-5-7-9-11-13-15-17-18-19-20-21-23-25-27-29-31-33-37-44(48)50-42(39-45)40-49-43(47)38-34-36-41(46)35-32-30-28-26-24-22-16-14-12-10-8-6-4-2/h12,14,22,24,28,30,32,35,42,45H,3-11,13,15-21,23,25-27,29,31,33-34,36-40H2,1-2H3/b14-12-,24-22-,30-28-,35-32+/t42-/m0/s1. The number of carbonyl (C=O) groups is 3. The summed E-state index contributed by atoms with van der Waals surface area (Å²) in [7, 11) is 0. The molecule has 0 spiro atoms. The maximum absolute atomic E-state index is 12.2. The lowest BCUT2D eigenvalue weighted by atomic mass is 10.0. The molecule has 6 nitrogen and oxygen atoms in total. The zero-order valence-corrected chi connectivity index (χ0v) is 32.4. The third-order valence-electron chi connectivity index (χ3n) is 8.85. The van der Waals surface area contributed by atoms with Crippen LogP contribution >= 0.6 is 0 Å². The lowest BCUT2D eigenvalue weighted by molar-refractivity contribution is -0.161. The first-order valence-electron chi connectivity index (χ1n) is 20.6. The second-order valence-electron chi connectivity index (χ2n) is 13.8. The largest absolute Gasteiger partial charge is 0.462 e. The number of hydrogen-bond donors (Lipinski definition) is 1. The van der Waals surface area contributed by atoms with Gasteiger partial charge in [-0.3, -0.25) is 14.4 Å². The van der Waals surface area contributed by atoms with Crippen LogP contribution in [-0.2, 0) is 23.9 Å². The van der Waals surface area contributed by atoms with Crippen LogP contribution in [0.1, 0.15) is 194 Å². The zero-order valence-electron chi connectivity index (χ0n) is 32.4. The van der Waals surface area contributed by atoms with E-state index < -0.39 is 18.7 Å². The fourth-order valence-electron chi connectivity index (χ4n) is 5.68. The lowest BCUT2D eigenvalue weighted by Crippen LogP contribution is -2.28. The average molecular weight is 701 g/mol. The van der Waals surface area contributed by atoms with Crippen molar-refractivity contribution in [1.82, 2.24) is 0 Å². The van der Waals surface area contributed by atoms with Crippen LogP contribution in [0.4, 0.5) is 0 Å². The number of ketones is 1. The first-order chi connectivity index (χ1) is 24.5. The SMILES string of the molecule is CCCCC/C=C\C/C=C\C/C=C\C=C\C(=O)CCCC(=O)OC[C@H](CO)OC(=O)CCCCCCCCCCCCCCCCCCCC. The van der Waals surface area contributed by atoms with Gasteiger partial charge in [-0.25, -0.2) is 0 Å². The summed E-state index contributed by atoms with van der Waals surface area (Å²) in [5, 5.41) is 9.55. The van der Waals surface area contributed by atoms with Crippen molar-refractivity contribution in [2.75, 3.05) is 13.2 Å². The van der Waals surface area contributed by atoms with E-state index in [9.17, 15) is 19.5 Å². The van der Waals surface area contributed by atoms with Crippen LogP contribution < -0.4 is 0 Å². The first-order valence-corrected chi connectivity index (χ1v) is 20.6. The molecule has 0 saturated carbocycles. The molecule has 0 saturated heterocycles. The molecule has 0 unspecified atom stereocenters. The van der Waals surface area contributed by atoms with Crippen LogP contribution in [0.5, 0.6) is 0 Å². The van der Waals surface area contributed by atoms with Crippen molar-refractivity contribution in [1.29, 1.82) is 0 Å². The van der Waals surface area contributed by atoms with Crippen molar-refractivity contribution in [3.05, 3.63) is 48.6 Å². The highest BCUT2D eigenvalue weighted by Gasteiger charge is 2.16. The van der Waals surface area contributed by atoms with E-state index in [1.807, 2.05) is 12.2 Å². The van der Waals surface area contributed by atoms with Crippen molar-refractivity contribution in [3.8, 4) is 0 Å². The topological polar surface area (TPSA) is 89.9 Å². The maximum atomic E-state index is 12.2. The van der Waals surface area contributed by atoms with Crippen LogP contribution in [0.3, 0.4) is 0 Å². The van der Waals surface area contributed by atoms with Crippen molar-refractivity contribution >= 4 is 17.7 Å². The molecular formula is C44H76O6. The van der Waals surface area contributed by atoms with Crippen LogP contribution in [0, 0.1) is 0 Å². The molecule has 0 amide bonds. The number of unbranched alkanes of at least 4 members (excludes halogenated alkanes) is 20. The zero-order chi connectivity index (χ0) is 36.6. The van der Waals surface area contributed by atoms with E-state index in [4.69, 9.17) is 9.47 Å². The van der Waals surface area contributed by atoms with Gasteiger partial charge in [0, 0.05) is 19.3 Å². The van der Waals surface area contributed by atoms with Crippen LogP contribution in [0.15, 0.2) is 48.6 Å². The molecule has 288 valence electrons. The Balaban J connectivity index is 3.71. The average Bonchev–Trinajstić information content (AvgIpc) is 3.11. The summed E-state index contributed by atoms with van der Waals surface area (Å²) in [6, 6.07) is 0. The Morgan fingerprint density at radius 1 is 0.520 bits per heavy atom. The van der Waals surface area contributed by atoms with E-state index in [-0.39, 0.29) is 31.2 Å². The summed E-state index contributed by atoms with van der Waals surface area (Å²) in [5.41, 5.74) is 0. The third kappa shape index (κ3) is 36.8. The Morgan fingerprint density at radius 3 is 1.56 bits per heavy atom. The number of ether oxygens (including phenoxy) is 2. The van der Waals surface area contributed by atoms with Gasteiger partial charge in [-0.2, -0.15) is 0 Å². The molecule has 1 N–H and O–H groups in total. The molecule has 1 atom stereocenters. The Bertz CT molecular complexity index is 902. The molecule has 0 rings (SSSR count). The monoisotopic (exact) mass is 701 g/mol. The minimum Gasteiger partial charge on any atom is -0.462 e. The first kappa shape index (κ1) is 47.5. The summed E-state index contributed by atoms with van der Waals surface area (Å²) < 4.78 is 10.5. The fourth-order valence-corrected chi connectivity index (χ4v) is 5.68. The van der Waals surface area contributed by atoms with Gasteiger partial charge in [-0.15, -0.1) is 0 Å². The number of aliphatic hydroxyl groups is 1. The molecule has 50 heavy (non-hydrogen) atoms. The molecule has 0 radical (unpaired) electrons. The van der Waals surface area contributed by atoms with Crippen molar-refractivity contribution in [3.63, 3.8) is 0 Å². The molecule has 6 heteroatoms. The van der Waals surface area contributed by atoms with E-state index in [2.05, 4.69) is 38.2 Å². The highest BCUT2D eigenvalue weighted by atomic mass is 16.6. The molecule has 0 aliphatic heterocycles. The maximum Gasteiger partial charge on any atom is 0.306 e. The molecule has 0 aromatic heterocycles. The summed E-state index contributed by atoms with van der Waals surface area (Å²) in [5.74, 6) is -0.889. The van der Waals surface area contributed by atoms with Gasteiger partial charge in [0.1, 0.15) is 6.61 Å². The van der Waals surface area contributed by atoms with Gasteiger partial charge in [0.05, 0.1) is 6.61 Å². The summed E-state index contributed by atoms with van der Waals surface area (Å²) in [4.78, 5) is 36.3. The van der Waals surface area contributed by atoms with Crippen molar-refractivity contribution in [2.45, 2.75) is 200 Å². The van der Waals surface area contributed by atoms with Crippen LogP contribution in [-0.4, -0.2) is 42.1 Å². The van der Waals surface area contributed by atoms with E-state index >= 15 is 0 Å². The molecule has 0 fully saturated rings. The number of carbonyl (C=O) groups excluding carboxylic acids is 3. The van der Waals surface area contributed by atoms with Crippen LogP contribution in [0.2, 0.25) is 0 Å². The van der Waals surface area contributed by atoms with Gasteiger partial charge in [0.2, 0.25) is 0 Å². The molecule has 0 aliphatic carbocycles. The smallest absolute Gasteiger partial charge is 0.306 e. The van der Waals surface area contributed by atoms with Gasteiger partial charge in [0.25, 0.3) is 0 Å². The van der Waals surface area contributed by atoms with Gasteiger partial charge < -0.3 is 14.6 Å². The Hall–Kier alpha value is -2.47. The van der Waals surface area contributed by atoms with Gasteiger partial charge in [0.15, 0.2) is 11.9 Å². The molecule has 0 heterocycles.